The maximum atomic E-state index is 11.9. The van der Waals surface area contributed by atoms with E-state index < -0.39 is 5.51 Å². The van der Waals surface area contributed by atoms with E-state index in [4.69, 9.17) is 0 Å². The van der Waals surface area contributed by atoms with Crippen LogP contribution in [0.4, 0.5) is 13.2 Å². The molecule has 1 unspecified atom stereocenters. The maximum absolute atomic E-state index is 11.9. The van der Waals surface area contributed by atoms with Crippen LogP contribution >= 0.6 is 27.7 Å². The Morgan fingerprint density at radius 3 is 2.71 bits per heavy atom. The van der Waals surface area contributed by atoms with Crippen molar-refractivity contribution < 1.29 is 13.2 Å². The van der Waals surface area contributed by atoms with E-state index in [2.05, 4.69) is 21.2 Å². The summed E-state index contributed by atoms with van der Waals surface area (Å²) in [5, 5.41) is 3.06. The minimum absolute atomic E-state index is 0.00214. The molecule has 0 bridgehead atoms. The predicted molar refractivity (Wildman–Crippen MR) is 69.1 cm³/mol. The Morgan fingerprint density at radius 2 is 2.12 bits per heavy atom. The van der Waals surface area contributed by atoms with Gasteiger partial charge in [-0.05, 0) is 36.4 Å². The summed E-state index contributed by atoms with van der Waals surface area (Å²) in [6.45, 7) is 2.26. The van der Waals surface area contributed by atoms with Gasteiger partial charge in [0.15, 0.2) is 0 Å². The molecule has 1 rings (SSSR count). The smallest absolute Gasteiger partial charge is 0.309 e. The minimum atomic E-state index is -4.14. The summed E-state index contributed by atoms with van der Waals surface area (Å²) in [6.07, 6.45) is 0. The van der Waals surface area contributed by atoms with Crippen LogP contribution in [0.5, 0.6) is 0 Å². The number of alkyl halides is 3. The highest BCUT2D eigenvalue weighted by atomic mass is 79.9. The molecule has 0 aromatic heterocycles. The zero-order valence-corrected chi connectivity index (χ0v) is 11.6. The number of benzene rings is 1. The summed E-state index contributed by atoms with van der Waals surface area (Å²) >= 11 is 3.36. The number of hydrogen-bond donors (Lipinski definition) is 1. The van der Waals surface area contributed by atoms with Crippen LogP contribution in [0, 0.1) is 0 Å². The summed E-state index contributed by atoms with van der Waals surface area (Å²) in [7, 11) is 0. The van der Waals surface area contributed by atoms with E-state index in [-0.39, 0.29) is 23.6 Å². The first-order valence-electron chi connectivity index (χ1n) is 5.08. The van der Waals surface area contributed by atoms with Crippen LogP contribution in [0.3, 0.4) is 0 Å². The summed E-state index contributed by atoms with van der Waals surface area (Å²) in [5.74, 6) is 0.0296. The fourth-order valence-corrected chi connectivity index (χ4v) is 2.20. The van der Waals surface area contributed by atoms with Crippen molar-refractivity contribution in [1.29, 1.82) is 0 Å². The largest absolute Gasteiger partial charge is 0.441 e. The fourth-order valence-electron chi connectivity index (χ4n) is 1.34. The van der Waals surface area contributed by atoms with Gasteiger partial charge in [-0.25, -0.2) is 0 Å². The maximum Gasteiger partial charge on any atom is 0.441 e. The molecule has 0 aliphatic carbocycles. The summed E-state index contributed by atoms with van der Waals surface area (Å²) in [5.41, 5.74) is -3.09. The zero-order valence-electron chi connectivity index (χ0n) is 9.22. The number of halogens is 4. The van der Waals surface area contributed by atoms with Crippen molar-refractivity contribution >= 4 is 27.7 Å². The quantitative estimate of drug-likeness (QED) is 0.807. The molecule has 0 aliphatic rings. The van der Waals surface area contributed by atoms with Gasteiger partial charge in [-0.1, -0.05) is 28.1 Å². The first-order chi connectivity index (χ1) is 7.88. The second kappa shape index (κ2) is 6.66. The van der Waals surface area contributed by atoms with Crippen LogP contribution in [0.15, 0.2) is 28.7 Å². The molecule has 0 radical (unpaired) electrons. The molecular formula is C11H13BrF3NS. The van der Waals surface area contributed by atoms with E-state index in [1.165, 1.54) is 0 Å². The molecule has 0 aliphatic heterocycles. The predicted octanol–water partition coefficient (Wildman–Crippen LogP) is 4.35. The molecule has 17 heavy (non-hydrogen) atoms. The van der Waals surface area contributed by atoms with Crippen LogP contribution in [-0.4, -0.2) is 17.8 Å². The Bertz CT molecular complexity index is 357. The lowest BCUT2D eigenvalue weighted by Gasteiger charge is -2.14. The van der Waals surface area contributed by atoms with Crippen molar-refractivity contribution in [1.82, 2.24) is 5.32 Å². The van der Waals surface area contributed by atoms with Gasteiger partial charge in [-0.2, -0.15) is 13.2 Å². The van der Waals surface area contributed by atoms with E-state index in [9.17, 15) is 13.2 Å². The Balaban J connectivity index is 2.33. The lowest BCUT2D eigenvalue weighted by atomic mass is 10.1. The van der Waals surface area contributed by atoms with Crippen molar-refractivity contribution in [2.24, 2.45) is 0 Å². The van der Waals surface area contributed by atoms with Gasteiger partial charge in [0.1, 0.15) is 0 Å². The number of rotatable bonds is 5. The molecule has 0 amide bonds. The standard InChI is InChI=1S/C11H13BrF3NS/c1-8(9-3-2-4-10(12)7-9)16-5-6-17-11(13,14)15/h2-4,7-8,16H,5-6H2,1H3. The second-order valence-corrected chi connectivity index (χ2v) is 5.60. The van der Waals surface area contributed by atoms with Gasteiger partial charge in [0.05, 0.1) is 0 Å². The van der Waals surface area contributed by atoms with Crippen LogP contribution in [-0.2, 0) is 0 Å². The van der Waals surface area contributed by atoms with Crippen LogP contribution in [0.1, 0.15) is 18.5 Å². The Kier molecular flexibility index (Phi) is 5.82. The van der Waals surface area contributed by atoms with E-state index in [1.807, 2.05) is 31.2 Å². The number of hydrogen-bond acceptors (Lipinski definition) is 2. The molecule has 1 aromatic rings. The first-order valence-corrected chi connectivity index (χ1v) is 6.86. The third kappa shape index (κ3) is 6.33. The molecule has 1 N–H and O–H groups in total. The normalized spacial score (nSPS) is 13.7. The topological polar surface area (TPSA) is 12.0 Å². The molecule has 1 nitrogen and oxygen atoms in total. The molecule has 0 saturated carbocycles. The fraction of sp³-hybridized carbons (Fsp3) is 0.455. The highest BCUT2D eigenvalue weighted by molar-refractivity contribution is 9.10. The van der Waals surface area contributed by atoms with Gasteiger partial charge in [0.2, 0.25) is 0 Å². The molecule has 96 valence electrons. The van der Waals surface area contributed by atoms with Crippen LogP contribution in [0.2, 0.25) is 0 Å². The molecule has 6 heteroatoms. The Labute approximate surface area is 111 Å². The molecule has 0 spiro atoms. The van der Waals surface area contributed by atoms with Gasteiger partial charge in [-0.3, -0.25) is 0 Å². The second-order valence-electron chi connectivity index (χ2n) is 3.53. The van der Waals surface area contributed by atoms with E-state index in [0.29, 0.717) is 6.54 Å². The molecular weight excluding hydrogens is 315 g/mol. The summed E-state index contributed by atoms with van der Waals surface area (Å²) < 4.78 is 36.6. The third-order valence-corrected chi connectivity index (χ3v) is 3.40. The van der Waals surface area contributed by atoms with Gasteiger partial charge < -0.3 is 5.32 Å². The average molecular weight is 328 g/mol. The van der Waals surface area contributed by atoms with Crippen molar-refractivity contribution in [3.8, 4) is 0 Å². The van der Waals surface area contributed by atoms with Gasteiger partial charge in [-0.15, -0.1) is 0 Å². The SMILES string of the molecule is CC(NCCSC(F)(F)F)c1cccc(Br)c1. The number of nitrogens with one attached hydrogen (secondary N) is 1. The summed E-state index contributed by atoms with van der Waals surface area (Å²) in [4.78, 5) is 0. The van der Waals surface area contributed by atoms with Crippen molar-refractivity contribution in [2.75, 3.05) is 12.3 Å². The van der Waals surface area contributed by atoms with E-state index in [0.717, 1.165) is 10.0 Å². The monoisotopic (exact) mass is 327 g/mol. The molecule has 0 fully saturated rings. The molecule has 1 atom stereocenters. The summed E-state index contributed by atoms with van der Waals surface area (Å²) in [6, 6.07) is 7.76. The van der Waals surface area contributed by atoms with Crippen molar-refractivity contribution in [3.63, 3.8) is 0 Å². The third-order valence-electron chi connectivity index (χ3n) is 2.17. The molecule has 1 aromatic carbocycles. The van der Waals surface area contributed by atoms with Crippen molar-refractivity contribution in [2.45, 2.75) is 18.5 Å². The number of thioether (sulfide) groups is 1. The van der Waals surface area contributed by atoms with Crippen LogP contribution < -0.4 is 5.32 Å². The van der Waals surface area contributed by atoms with Crippen molar-refractivity contribution in [3.05, 3.63) is 34.3 Å². The van der Waals surface area contributed by atoms with Crippen LogP contribution in [0.25, 0.3) is 0 Å². The van der Waals surface area contributed by atoms with Gasteiger partial charge in [0.25, 0.3) is 0 Å². The highest BCUT2D eigenvalue weighted by Gasteiger charge is 2.27. The minimum Gasteiger partial charge on any atom is -0.309 e. The van der Waals surface area contributed by atoms with E-state index in [1.54, 1.807) is 0 Å². The van der Waals surface area contributed by atoms with Gasteiger partial charge >= 0.3 is 5.51 Å². The molecule has 0 heterocycles. The first kappa shape index (κ1) is 14.9. The lowest BCUT2D eigenvalue weighted by Crippen LogP contribution is -2.22. The Morgan fingerprint density at radius 1 is 1.41 bits per heavy atom. The van der Waals surface area contributed by atoms with Gasteiger partial charge in [0, 0.05) is 22.8 Å². The average Bonchev–Trinajstić information content (AvgIpc) is 2.23. The molecule has 0 saturated heterocycles. The lowest BCUT2D eigenvalue weighted by molar-refractivity contribution is -0.0327. The van der Waals surface area contributed by atoms with E-state index >= 15 is 0 Å². The highest BCUT2D eigenvalue weighted by Crippen LogP contribution is 2.29. The Hall–Kier alpha value is -0.200. The zero-order chi connectivity index (χ0) is 12.9.